The molecule has 16 heavy (non-hydrogen) atoms. The van der Waals surface area contributed by atoms with E-state index in [0.29, 0.717) is 5.56 Å². The van der Waals surface area contributed by atoms with Crippen LogP contribution in [0, 0.1) is 11.6 Å². The summed E-state index contributed by atoms with van der Waals surface area (Å²) < 4.78 is 26.2. The molecule has 0 aliphatic rings. The van der Waals surface area contributed by atoms with Gasteiger partial charge < -0.3 is 10.8 Å². The van der Waals surface area contributed by atoms with Gasteiger partial charge in [0.1, 0.15) is 17.4 Å². The van der Waals surface area contributed by atoms with Crippen molar-refractivity contribution in [1.29, 1.82) is 0 Å². The second kappa shape index (κ2) is 3.81. The summed E-state index contributed by atoms with van der Waals surface area (Å²) in [5.74, 6) is -1.27. The summed E-state index contributed by atoms with van der Waals surface area (Å²) in [6, 6.07) is 7.74. The molecule has 0 unspecified atom stereocenters. The average molecular weight is 221 g/mol. The smallest absolute Gasteiger partial charge is 0.146 e. The number of benzene rings is 2. The fourth-order valence-electron chi connectivity index (χ4n) is 1.47. The van der Waals surface area contributed by atoms with Crippen molar-refractivity contribution in [3.05, 3.63) is 48.0 Å². The van der Waals surface area contributed by atoms with Crippen LogP contribution in [0.15, 0.2) is 36.4 Å². The van der Waals surface area contributed by atoms with Gasteiger partial charge in [-0.05, 0) is 23.8 Å². The Hall–Kier alpha value is -2.10. The third kappa shape index (κ3) is 1.82. The molecule has 0 bridgehead atoms. The van der Waals surface area contributed by atoms with Crippen molar-refractivity contribution in [3.8, 4) is 16.9 Å². The van der Waals surface area contributed by atoms with E-state index in [9.17, 15) is 13.9 Å². The van der Waals surface area contributed by atoms with Crippen molar-refractivity contribution in [2.24, 2.45) is 0 Å². The largest absolute Gasteiger partial charge is 0.507 e. The van der Waals surface area contributed by atoms with Crippen LogP contribution in [0.25, 0.3) is 11.1 Å². The van der Waals surface area contributed by atoms with E-state index in [0.717, 1.165) is 12.1 Å². The molecule has 3 N–H and O–H groups in total. The predicted molar refractivity (Wildman–Crippen MR) is 57.9 cm³/mol. The van der Waals surface area contributed by atoms with Crippen LogP contribution in [-0.2, 0) is 0 Å². The SMILES string of the molecule is Nc1cc(O)c(-c2cccc(F)c2)cc1F. The molecular weight excluding hydrogens is 212 g/mol. The monoisotopic (exact) mass is 221 g/mol. The van der Waals surface area contributed by atoms with Crippen LogP contribution in [0.5, 0.6) is 5.75 Å². The predicted octanol–water partition coefficient (Wildman–Crippen LogP) is 2.92. The third-order valence-electron chi connectivity index (χ3n) is 2.25. The van der Waals surface area contributed by atoms with Gasteiger partial charge in [-0.3, -0.25) is 0 Å². The molecule has 0 aromatic heterocycles. The molecule has 0 aliphatic heterocycles. The number of anilines is 1. The highest BCUT2D eigenvalue weighted by Crippen LogP contribution is 2.32. The van der Waals surface area contributed by atoms with Gasteiger partial charge in [-0.25, -0.2) is 8.78 Å². The Labute approximate surface area is 91.0 Å². The molecule has 2 aromatic carbocycles. The van der Waals surface area contributed by atoms with Crippen LogP contribution in [0.2, 0.25) is 0 Å². The van der Waals surface area contributed by atoms with Crippen molar-refractivity contribution in [3.63, 3.8) is 0 Å². The van der Waals surface area contributed by atoms with Gasteiger partial charge in [0, 0.05) is 11.6 Å². The Bertz CT molecular complexity index is 541. The number of nitrogens with two attached hydrogens (primary N) is 1. The Morgan fingerprint density at radius 2 is 1.81 bits per heavy atom. The molecule has 0 saturated carbocycles. The maximum absolute atomic E-state index is 13.2. The van der Waals surface area contributed by atoms with E-state index in [4.69, 9.17) is 5.73 Å². The first kappa shape index (κ1) is 10.4. The molecular formula is C12H9F2NO. The van der Waals surface area contributed by atoms with Gasteiger partial charge in [-0.2, -0.15) is 0 Å². The summed E-state index contributed by atoms with van der Waals surface area (Å²) in [4.78, 5) is 0. The minimum Gasteiger partial charge on any atom is -0.507 e. The molecule has 0 atom stereocenters. The first-order chi connectivity index (χ1) is 7.58. The summed E-state index contributed by atoms with van der Waals surface area (Å²) >= 11 is 0. The summed E-state index contributed by atoms with van der Waals surface area (Å²) in [7, 11) is 0. The summed E-state index contributed by atoms with van der Waals surface area (Å²) in [5, 5.41) is 9.59. The fraction of sp³-hybridized carbons (Fsp3) is 0. The van der Waals surface area contributed by atoms with Crippen molar-refractivity contribution < 1.29 is 13.9 Å². The van der Waals surface area contributed by atoms with Gasteiger partial charge in [0.25, 0.3) is 0 Å². The molecule has 0 amide bonds. The number of hydrogen-bond acceptors (Lipinski definition) is 2. The van der Waals surface area contributed by atoms with Gasteiger partial charge in [0.2, 0.25) is 0 Å². The molecule has 2 aromatic rings. The first-order valence-corrected chi connectivity index (χ1v) is 4.62. The maximum atomic E-state index is 13.2. The normalized spacial score (nSPS) is 10.4. The highest BCUT2D eigenvalue weighted by Gasteiger charge is 2.09. The lowest BCUT2D eigenvalue weighted by atomic mass is 10.0. The van der Waals surface area contributed by atoms with Crippen LogP contribution in [0.3, 0.4) is 0 Å². The van der Waals surface area contributed by atoms with Crippen LogP contribution in [0.4, 0.5) is 14.5 Å². The third-order valence-corrected chi connectivity index (χ3v) is 2.25. The van der Waals surface area contributed by atoms with Crippen LogP contribution < -0.4 is 5.73 Å². The Kier molecular flexibility index (Phi) is 2.48. The summed E-state index contributed by atoms with van der Waals surface area (Å²) in [6.45, 7) is 0. The van der Waals surface area contributed by atoms with E-state index >= 15 is 0 Å². The molecule has 0 heterocycles. The fourth-order valence-corrected chi connectivity index (χ4v) is 1.47. The molecule has 0 saturated heterocycles. The zero-order valence-corrected chi connectivity index (χ0v) is 8.24. The topological polar surface area (TPSA) is 46.2 Å². The zero-order valence-electron chi connectivity index (χ0n) is 8.24. The highest BCUT2D eigenvalue weighted by molar-refractivity contribution is 5.72. The van der Waals surface area contributed by atoms with Gasteiger partial charge in [-0.15, -0.1) is 0 Å². The van der Waals surface area contributed by atoms with Crippen molar-refractivity contribution in [2.75, 3.05) is 5.73 Å². The van der Waals surface area contributed by atoms with E-state index < -0.39 is 11.6 Å². The summed E-state index contributed by atoms with van der Waals surface area (Å²) in [5.41, 5.74) is 5.76. The van der Waals surface area contributed by atoms with Crippen molar-refractivity contribution >= 4 is 5.69 Å². The molecule has 82 valence electrons. The van der Waals surface area contributed by atoms with Crippen molar-refractivity contribution in [1.82, 2.24) is 0 Å². The molecule has 0 spiro atoms. The Balaban J connectivity index is 2.60. The number of halogens is 2. The minimum atomic E-state index is -0.642. The lowest BCUT2D eigenvalue weighted by Gasteiger charge is -2.06. The Morgan fingerprint density at radius 1 is 1.06 bits per heavy atom. The number of phenolic OH excluding ortho intramolecular Hbond substituents is 1. The second-order valence-corrected chi connectivity index (χ2v) is 3.40. The zero-order chi connectivity index (χ0) is 11.7. The molecule has 2 rings (SSSR count). The highest BCUT2D eigenvalue weighted by atomic mass is 19.1. The van der Waals surface area contributed by atoms with Gasteiger partial charge in [0.15, 0.2) is 0 Å². The second-order valence-electron chi connectivity index (χ2n) is 3.40. The molecule has 0 fully saturated rings. The number of nitrogen functional groups attached to an aromatic ring is 1. The first-order valence-electron chi connectivity index (χ1n) is 4.62. The average Bonchev–Trinajstić information content (AvgIpc) is 2.23. The number of phenols is 1. The van der Waals surface area contributed by atoms with Gasteiger partial charge in [0.05, 0.1) is 5.69 Å². The molecule has 0 radical (unpaired) electrons. The maximum Gasteiger partial charge on any atom is 0.146 e. The number of aromatic hydroxyl groups is 1. The van der Waals surface area contributed by atoms with E-state index in [-0.39, 0.29) is 17.0 Å². The molecule has 2 nitrogen and oxygen atoms in total. The number of rotatable bonds is 1. The standard InChI is InChI=1S/C12H9F2NO/c13-8-3-1-2-7(4-8)9-5-10(14)11(15)6-12(9)16/h1-6,16H,15H2. The van der Waals surface area contributed by atoms with Crippen molar-refractivity contribution in [2.45, 2.75) is 0 Å². The van der Waals surface area contributed by atoms with E-state index in [1.807, 2.05) is 0 Å². The van der Waals surface area contributed by atoms with E-state index in [1.165, 1.54) is 18.2 Å². The number of hydrogen-bond donors (Lipinski definition) is 2. The van der Waals surface area contributed by atoms with Gasteiger partial charge >= 0.3 is 0 Å². The summed E-state index contributed by atoms with van der Waals surface area (Å²) in [6.07, 6.45) is 0. The lowest BCUT2D eigenvalue weighted by Crippen LogP contribution is -1.91. The van der Waals surface area contributed by atoms with E-state index in [2.05, 4.69) is 0 Å². The minimum absolute atomic E-state index is 0.141. The van der Waals surface area contributed by atoms with Crippen LogP contribution in [-0.4, -0.2) is 5.11 Å². The lowest BCUT2D eigenvalue weighted by molar-refractivity contribution is 0.476. The van der Waals surface area contributed by atoms with E-state index in [1.54, 1.807) is 6.07 Å². The molecule has 4 heteroatoms. The van der Waals surface area contributed by atoms with Crippen LogP contribution >= 0.6 is 0 Å². The quantitative estimate of drug-likeness (QED) is 0.727. The molecule has 0 aliphatic carbocycles. The van der Waals surface area contributed by atoms with Crippen LogP contribution in [0.1, 0.15) is 0 Å². The Morgan fingerprint density at radius 3 is 2.50 bits per heavy atom. The van der Waals surface area contributed by atoms with Gasteiger partial charge in [-0.1, -0.05) is 12.1 Å².